The molecule has 0 unspecified atom stereocenters. The normalized spacial score (nSPS) is 14.1. The molecule has 0 saturated heterocycles. The summed E-state index contributed by atoms with van der Waals surface area (Å²) in [7, 11) is 0. The summed E-state index contributed by atoms with van der Waals surface area (Å²) < 4.78 is 11.8. The summed E-state index contributed by atoms with van der Waals surface area (Å²) in [5, 5.41) is 22.0. The predicted molar refractivity (Wildman–Crippen MR) is 136 cm³/mol. The van der Waals surface area contributed by atoms with Gasteiger partial charge in [0.2, 0.25) is 0 Å². The molecule has 6 nitrogen and oxygen atoms in total. The van der Waals surface area contributed by atoms with Crippen LogP contribution in [0.1, 0.15) is 27.0 Å². The Labute approximate surface area is 206 Å². The molecule has 176 valence electrons. The standard InChI is InChI=1S/C20H12O5.C10H9N/c21-11-5-7-15-17(9-11)24-18-10-12(22)6-8-16(18)20(15)14-4-2-1-3-13(14)19(23)25-20;11-10-7-3-5-8-4-1-2-6-9(8)10/h1-10,21-22H;1-7H,11H2. The predicted octanol–water partition coefficient (Wildman–Crippen LogP) is 6.09. The lowest BCUT2D eigenvalue weighted by Crippen LogP contribution is -2.32. The molecule has 2 heterocycles. The van der Waals surface area contributed by atoms with Gasteiger partial charge in [-0.05, 0) is 41.8 Å². The first-order valence-electron chi connectivity index (χ1n) is 11.4. The van der Waals surface area contributed by atoms with Crippen molar-refractivity contribution < 1.29 is 24.5 Å². The molecule has 5 aromatic rings. The minimum absolute atomic E-state index is 0.0371. The van der Waals surface area contributed by atoms with E-state index in [0.29, 0.717) is 33.8 Å². The number of nitrogens with two attached hydrogens (primary N) is 1. The molecule has 6 heteroatoms. The van der Waals surface area contributed by atoms with Crippen LogP contribution in [0.5, 0.6) is 23.0 Å². The minimum Gasteiger partial charge on any atom is -0.508 e. The number of hydrogen-bond donors (Lipinski definition) is 3. The Hall–Kier alpha value is -4.97. The van der Waals surface area contributed by atoms with Gasteiger partial charge in [-0.25, -0.2) is 4.79 Å². The van der Waals surface area contributed by atoms with Crippen LogP contribution < -0.4 is 10.5 Å². The van der Waals surface area contributed by atoms with Crippen LogP contribution in [-0.2, 0) is 10.3 Å². The molecule has 0 saturated carbocycles. The van der Waals surface area contributed by atoms with E-state index in [1.807, 2.05) is 42.5 Å². The van der Waals surface area contributed by atoms with Crippen LogP contribution in [0.25, 0.3) is 10.8 Å². The van der Waals surface area contributed by atoms with Gasteiger partial charge in [-0.3, -0.25) is 0 Å². The van der Waals surface area contributed by atoms with E-state index in [1.54, 1.807) is 24.3 Å². The highest BCUT2D eigenvalue weighted by molar-refractivity contribution is 5.97. The summed E-state index contributed by atoms with van der Waals surface area (Å²) in [5.74, 6) is 0.408. The third-order valence-electron chi connectivity index (χ3n) is 6.50. The third-order valence-corrected chi connectivity index (χ3v) is 6.50. The topological polar surface area (TPSA) is 102 Å². The maximum Gasteiger partial charge on any atom is 0.340 e. The van der Waals surface area contributed by atoms with Gasteiger partial charge in [0.05, 0.1) is 5.56 Å². The fourth-order valence-corrected chi connectivity index (χ4v) is 4.90. The van der Waals surface area contributed by atoms with Crippen LogP contribution in [0.3, 0.4) is 0 Å². The Balaban J connectivity index is 0.000000183. The zero-order valence-electron chi connectivity index (χ0n) is 19.0. The first kappa shape index (κ1) is 21.6. The van der Waals surface area contributed by atoms with Crippen LogP contribution >= 0.6 is 0 Å². The molecule has 0 aromatic heterocycles. The monoisotopic (exact) mass is 475 g/mol. The zero-order valence-corrected chi connectivity index (χ0v) is 19.0. The second kappa shape index (κ2) is 8.06. The van der Waals surface area contributed by atoms with Crippen LogP contribution in [0.4, 0.5) is 5.69 Å². The Bertz CT molecular complexity index is 1600. The van der Waals surface area contributed by atoms with E-state index >= 15 is 0 Å². The maximum absolute atomic E-state index is 12.5. The lowest BCUT2D eigenvalue weighted by molar-refractivity contribution is 0.0224. The number of ether oxygens (including phenoxy) is 2. The Kier molecular flexibility index (Phi) is 4.83. The average molecular weight is 476 g/mol. The Morgan fingerprint density at radius 3 is 1.97 bits per heavy atom. The number of benzene rings is 5. The van der Waals surface area contributed by atoms with Gasteiger partial charge in [0, 0.05) is 39.9 Å². The van der Waals surface area contributed by atoms with Gasteiger partial charge >= 0.3 is 5.97 Å². The van der Waals surface area contributed by atoms with E-state index in [-0.39, 0.29) is 11.5 Å². The summed E-state index contributed by atoms with van der Waals surface area (Å²) in [5.41, 5.74) is 7.89. The number of esters is 1. The molecule has 0 atom stereocenters. The summed E-state index contributed by atoms with van der Waals surface area (Å²) in [6.45, 7) is 0. The van der Waals surface area contributed by atoms with Crippen LogP contribution in [0.2, 0.25) is 0 Å². The van der Waals surface area contributed by atoms with Crippen molar-refractivity contribution in [3.8, 4) is 23.0 Å². The zero-order chi connectivity index (χ0) is 24.9. The molecular weight excluding hydrogens is 454 g/mol. The number of fused-ring (bicyclic) bond motifs is 7. The van der Waals surface area contributed by atoms with E-state index in [1.165, 1.54) is 29.7 Å². The molecule has 0 radical (unpaired) electrons. The molecule has 1 spiro atoms. The molecule has 0 fully saturated rings. The number of carbonyl (C=O) groups excluding carboxylic acids is 1. The molecule has 0 aliphatic carbocycles. The lowest BCUT2D eigenvalue weighted by atomic mass is 9.77. The van der Waals surface area contributed by atoms with Crippen molar-refractivity contribution in [2.24, 2.45) is 0 Å². The Morgan fingerprint density at radius 1 is 0.667 bits per heavy atom. The number of hydrogen-bond acceptors (Lipinski definition) is 6. The van der Waals surface area contributed by atoms with Gasteiger partial charge in [-0.2, -0.15) is 0 Å². The van der Waals surface area contributed by atoms with Gasteiger partial charge < -0.3 is 25.4 Å². The van der Waals surface area contributed by atoms with Gasteiger partial charge in [-0.15, -0.1) is 0 Å². The second-order valence-electron chi connectivity index (χ2n) is 8.65. The van der Waals surface area contributed by atoms with Crippen LogP contribution in [0, 0.1) is 0 Å². The highest BCUT2D eigenvalue weighted by atomic mass is 16.6. The van der Waals surface area contributed by atoms with Gasteiger partial charge in [0.1, 0.15) is 23.0 Å². The van der Waals surface area contributed by atoms with Crippen molar-refractivity contribution in [1.29, 1.82) is 0 Å². The molecule has 36 heavy (non-hydrogen) atoms. The van der Waals surface area contributed by atoms with E-state index in [2.05, 4.69) is 12.1 Å². The molecule has 0 bridgehead atoms. The molecule has 4 N–H and O–H groups in total. The fourth-order valence-electron chi connectivity index (χ4n) is 4.90. The van der Waals surface area contributed by atoms with E-state index < -0.39 is 11.6 Å². The van der Waals surface area contributed by atoms with Crippen molar-refractivity contribution in [2.75, 3.05) is 5.73 Å². The molecule has 0 amide bonds. The molecule has 2 aliphatic rings. The van der Waals surface area contributed by atoms with Crippen molar-refractivity contribution >= 4 is 22.4 Å². The minimum atomic E-state index is -1.17. The van der Waals surface area contributed by atoms with Crippen molar-refractivity contribution in [1.82, 2.24) is 0 Å². The highest BCUT2D eigenvalue weighted by Crippen LogP contribution is 2.56. The number of rotatable bonds is 0. The number of anilines is 1. The molecule has 7 rings (SSSR count). The number of aromatic hydroxyl groups is 2. The SMILES string of the molecule is Nc1cccc2ccccc12.O=C1OC2(c3ccc(O)cc3Oc3cc(O)ccc32)c2ccccc21. The van der Waals surface area contributed by atoms with E-state index in [0.717, 1.165) is 11.1 Å². The van der Waals surface area contributed by atoms with Gasteiger partial charge in [0.15, 0.2) is 5.60 Å². The summed E-state index contributed by atoms with van der Waals surface area (Å²) in [6.07, 6.45) is 0. The second-order valence-corrected chi connectivity index (χ2v) is 8.65. The van der Waals surface area contributed by atoms with Crippen LogP contribution in [-0.4, -0.2) is 16.2 Å². The van der Waals surface area contributed by atoms with Crippen molar-refractivity contribution in [2.45, 2.75) is 5.60 Å². The van der Waals surface area contributed by atoms with Gasteiger partial charge in [0.25, 0.3) is 0 Å². The summed E-state index contributed by atoms with van der Waals surface area (Å²) in [6, 6.07) is 30.6. The summed E-state index contributed by atoms with van der Waals surface area (Å²) in [4.78, 5) is 12.5. The quantitative estimate of drug-likeness (QED) is 0.185. The average Bonchev–Trinajstić information content (AvgIpc) is 3.17. The third kappa shape index (κ3) is 3.23. The highest BCUT2D eigenvalue weighted by Gasteiger charge is 2.53. The van der Waals surface area contributed by atoms with E-state index in [4.69, 9.17) is 15.2 Å². The number of carbonyl (C=O) groups is 1. The van der Waals surface area contributed by atoms with Crippen molar-refractivity contribution in [3.63, 3.8) is 0 Å². The summed E-state index contributed by atoms with van der Waals surface area (Å²) >= 11 is 0. The first-order chi connectivity index (χ1) is 17.5. The largest absolute Gasteiger partial charge is 0.508 e. The molecular formula is C30H21NO5. The van der Waals surface area contributed by atoms with Crippen LogP contribution in [0.15, 0.2) is 103 Å². The first-order valence-corrected chi connectivity index (χ1v) is 11.4. The fraction of sp³-hybridized carbons (Fsp3) is 0.0333. The van der Waals surface area contributed by atoms with Crippen molar-refractivity contribution in [3.05, 3.63) is 125 Å². The number of nitrogen functional groups attached to an aromatic ring is 1. The Morgan fingerprint density at radius 2 is 1.28 bits per heavy atom. The number of phenolic OH excluding ortho intramolecular Hbond substituents is 2. The number of phenols is 2. The molecule has 2 aliphatic heterocycles. The molecule has 5 aromatic carbocycles. The maximum atomic E-state index is 12.5. The lowest BCUT2D eigenvalue weighted by Gasteiger charge is -2.36. The smallest absolute Gasteiger partial charge is 0.340 e. The van der Waals surface area contributed by atoms with E-state index in [9.17, 15) is 15.0 Å². The van der Waals surface area contributed by atoms with Gasteiger partial charge in [-0.1, -0.05) is 54.6 Å².